The Bertz CT molecular complexity index is 1450. The van der Waals surface area contributed by atoms with Gasteiger partial charge in [0.25, 0.3) is 5.91 Å². The number of anilines is 2. The normalized spacial score (nSPS) is 15.6. The highest BCUT2D eigenvalue weighted by Gasteiger charge is 2.25. The van der Waals surface area contributed by atoms with Crippen molar-refractivity contribution in [2.45, 2.75) is 19.4 Å². The first kappa shape index (κ1) is 23.4. The van der Waals surface area contributed by atoms with Gasteiger partial charge in [0.1, 0.15) is 0 Å². The Hall–Kier alpha value is -3.95. The SMILES string of the molecule is O=C(Nc1nc2ccc(NC(=O)C3CCN(Cc4ccccc4)CC3)cc2s1)c1ccc2c(c1)OCO2. The number of benzene rings is 3. The van der Waals surface area contributed by atoms with Gasteiger partial charge in [-0.1, -0.05) is 41.7 Å². The van der Waals surface area contributed by atoms with Crippen LogP contribution in [0.4, 0.5) is 10.8 Å². The number of thiazole rings is 1. The predicted octanol–water partition coefficient (Wildman–Crippen LogP) is 5.13. The largest absolute Gasteiger partial charge is 0.454 e. The Morgan fingerprint density at radius 3 is 2.59 bits per heavy atom. The lowest BCUT2D eigenvalue weighted by Crippen LogP contribution is -2.37. The smallest absolute Gasteiger partial charge is 0.257 e. The number of nitrogens with one attached hydrogen (secondary N) is 2. The summed E-state index contributed by atoms with van der Waals surface area (Å²) in [5.74, 6) is 0.966. The number of amides is 2. The number of hydrogen-bond acceptors (Lipinski definition) is 7. The van der Waals surface area contributed by atoms with Gasteiger partial charge in [-0.3, -0.25) is 19.8 Å². The fraction of sp³-hybridized carbons (Fsp3) is 0.250. The van der Waals surface area contributed by atoms with Crippen LogP contribution in [-0.2, 0) is 11.3 Å². The van der Waals surface area contributed by atoms with E-state index in [1.807, 2.05) is 24.3 Å². The van der Waals surface area contributed by atoms with Gasteiger partial charge < -0.3 is 14.8 Å². The van der Waals surface area contributed by atoms with Crippen LogP contribution in [0.2, 0.25) is 0 Å². The van der Waals surface area contributed by atoms with E-state index in [1.54, 1.807) is 18.2 Å². The molecule has 0 atom stereocenters. The van der Waals surface area contributed by atoms with Crippen LogP contribution in [-0.4, -0.2) is 41.6 Å². The zero-order valence-electron chi connectivity index (χ0n) is 20.1. The molecular weight excluding hydrogens is 488 g/mol. The number of fused-ring (bicyclic) bond motifs is 2. The Morgan fingerprint density at radius 1 is 0.946 bits per heavy atom. The van der Waals surface area contributed by atoms with Crippen LogP contribution in [0, 0.1) is 5.92 Å². The predicted molar refractivity (Wildman–Crippen MR) is 143 cm³/mol. The van der Waals surface area contributed by atoms with Gasteiger partial charge in [0.05, 0.1) is 10.2 Å². The maximum absolute atomic E-state index is 12.9. The molecule has 0 bridgehead atoms. The summed E-state index contributed by atoms with van der Waals surface area (Å²) in [5.41, 5.74) is 3.26. The summed E-state index contributed by atoms with van der Waals surface area (Å²) in [6, 6.07) is 21.1. The average Bonchev–Trinajstić information content (AvgIpc) is 3.55. The van der Waals surface area contributed by atoms with Crippen molar-refractivity contribution in [2.24, 2.45) is 5.92 Å². The maximum atomic E-state index is 12.9. The van der Waals surface area contributed by atoms with E-state index in [1.165, 1.54) is 16.9 Å². The molecule has 9 heteroatoms. The molecule has 4 aromatic rings. The molecule has 1 fully saturated rings. The van der Waals surface area contributed by atoms with Crippen molar-refractivity contribution < 1.29 is 19.1 Å². The van der Waals surface area contributed by atoms with E-state index >= 15 is 0 Å². The molecule has 3 heterocycles. The topological polar surface area (TPSA) is 92.8 Å². The van der Waals surface area contributed by atoms with Crippen LogP contribution < -0.4 is 20.1 Å². The first-order valence-corrected chi connectivity index (χ1v) is 13.1. The zero-order valence-corrected chi connectivity index (χ0v) is 20.9. The van der Waals surface area contributed by atoms with Gasteiger partial charge in [0.15, 0.2) is 16.6 Å². The summed E-state index contributed by atoms with van der Waals surface area (Å²) in [6.45, 7) is 2.90. The minimum Gasteiger partial charge on any atom is -0.454 e. The van der Waals surface area contributed by atoms with E-state index in [0.717, 1.165) is 48.4 Å². The Kier molecular flexibility index (Phi) is 6.46. The third kappa shape index (κ3) is 5.28. The minimum absolute atomic E-state index is 0.000677. The van der Waals surface area contributed by atoms with Gasteiger partial charge in [0, 0.05) is 23.7 Å². The molecule has 37 heavy (non-hydrogen) atoms. The fourth-order valence-electron chi connectivity index (χ4n) is 4.70. The second-order valence-corrected chi connectivity index (χ2v) is 10.3. The quantitative estimate of drug-likeness (QED) is 0.371. The third-order valence-corrected chi connectivity index (χ3v) is 7.65. The summed E-state index contributed by atoms with van der Waals surface area (Å²) in [5, 5.41) is 6.42. The molecule has 188 valence electrons. The number of carbonyl (C=O) groups is 2. The molecular formula is C28H26N4O4S. The second-order valence-electron chi connectivity index (χ2n) is 9.25. The molecule has 0 unspecified atom stereocenters. The number of rotatable bonds is 6. The molecule has 0 spiro atoms. The average molecular weight is 515 g/mol. The molecule has 0 saturated carbocycles. The molecule has 3 aromatic carbocycles. The van der Waals surface area contributed by atoms with E-state index in [-0.39, 0.29) is 24.5 Å². The van der Waals surface area contributed by atoms with Crippen molar-refractivity contribution in [3.05, 3.63) is 77.9 Å². The molecule has 8 nitrogen and oxygen atoms in total. The van der Waals surface area contributed by atoms with Gasteiger partial charge in [-0.2, -0.15) is 0 Å². The monoisotopic (exact) mass is 514 g/mol. The second kappa shape index (κ2) is 10.2. The van der Waals surface area contributed by atoms with Crippen molar-refractivity contribution in [1.29, 1.82) is 0 Å². The maximum Gasteiger partial charge on any atom is 0.257 e. The summed E-state index contributed by atoms with van der Waals surface area (Å²) in [4.78, 5) is 32.6. The van der Waals surface area contributed by atoms with Crippen molar-refractivity contribution in [3.63, 3.8) is 0 Å². The first-order chi connectivity index (χ1) is 18.1. The highest BCUT2D eigenvalue weighted by Crippen LogP contribution is 2.33. The standard InChI is InChI=1S/C28H26N4O4S/c33-26(19-10-12-32(13-11-19)16-18-4-2-1-3-5-18)29-21-7-8-22-25(15-21)37-28(30-22)31-27(34)20-6-9-23-24(14-20)36-17-35-23/h1-9,14-15,19H,10-13,16-17H2,(H,29,33)(H,30,31,34). The number of carbonyl (C=O) groups excluding carboxylic acids is 2. The lowest BCUT2D eigenvalue weighted by Gasteiger charge is -2.31. The molecule has 1 aromatic heterocycles. The molecule has 2 amide bonds. The van der Waals surface area contributed by atoms with Crippen LogP contribution in [0.5, 0.6) is 11.5 Å². The number of likely N-dealkylation sites (tertiary alicyclic amines) is 1. The molecule has 2 aliphatic rings. The van der Waals surface area contributed by atoms with Gasteiger partial charge in [0.2, 0.25) is 12.7 Å². The van der Waals surface area contributed by atoms with Crippen molar-refractivity contribution in [1.82, 2.24) is 9.88 Å². The molecule has 2 aliphatic heterocycles. The number of nitrogens with zero attached hydrogens (tertiary/aromatic N) is 2. The Morgan fingerprint density at radius 2 is 1.76 bits per heavy atom. The van der Waals surface area contributed by atoms with E-state index in [4.69, 9.17) is 9.47 Å². The summed E-state index contributed by atoms with van der Waals surface area (Å²) < 4.78 is 11.5. The van der Waals surface area contributed by atoms with Crippen molar-refractivity contribution >= 4 is 44.2 Å². The van der Waals surface area contributed by atoms with E-state index in [9.17, 15) is 9.59 Å². The zero-order chi connectivity index (χ0) is 25.2. The van der Waals surface area contributed by atoms with Crippen LogP contribution in [0.15, 0.2) is 66.7 Å². The first-order valence-electron chi connectivity index (χ1n) is 12.3. The van der Waals surface area contributed by atoms with Gasteiger partial charge >= 0.3 is 0 Å². The van der Waals surface area contributed by atoms with Gasteiger partial charge in [-0.25, -0.2) is 4.98 Å². The van der Waals surface area contributed by atoms with E-state index in [2.05, 4.69) is 44.8 Å². The van der Waals surface area contributed by atoms with Gasteiger partial charge in [-0.15, -0.1) is 0 Å². The molecule has 0 radical (unpaired) electrons. The van der Waals surface area contributed by atoms with Crippen LogP contribution in [0.25, 0.3) is 10.2 Å². The number of aromatic nitrogens is 1. The molecule has 0 aliphatic carbocycles. The highest BCUT2D eigenvalue weighted by atomic mass is 32.1. The third-order valence-electron chi connectivity index (χ3n) is 6.72. The van der Waals surface area contributed by atoms with Crippen molar-refractivity contribution in [3.8, 4) is 11.5 Å². The highest BCUT2D eigenvalue weighted by molar-refractivity contribution is 7.22. The van der Waals surface area contributed by atoms with E-state index in [0.29, 0.717) is 22.2 Å². The summed E-state index contributed by atoms with van der Waals surface area (Å²) >= 11 is 1.37. The van der Waals surface area contributed by atoms with Gasteiger partial charge in [-0.05, 0) is 67.9 Å². The lowest BCUT2D eigenvalue weighted by molar-refractivity contribution is -0.121. The van der Waals surface area contributed by atoms with Crippen molar-refractivity contribution in [2.75, 3.05) is 30.5 Å². The lowest BCUT2D eigenvalue weighted by atomic mass is 9.95. The van der Waals surface area contributed by atoms with Crippen LogP contribution >= 0.6 is 11.3 Å². The van der Waals surface area contributed by atoms with Crippen LogP contribution in [0.3, 0.4) is 0 Å². The Labute approximate surface area is 218 Å². The number of piperidine rings is 1. The Balaban J connectivity index is 1.05. The molecule has 2 N–H and O–H groups in total. The fourth-order valence-corrected chi connectivity index (χ4v) is 5.60. The van der Waals surface area contributed by atoms with E-state index < -0.39 is 0 Å². The molecule has 6 rings (SSSR count). The summed E-state index contributed by atoms with van der Waals surface area (Å²) in [7, 11) is 0. The number of ether oxygens (including phenoxy) is 2. The molecule has 1 saturated heterocycles. The van der Waals surface area contributed by atoms with Crippen LogP contribution in [0.1, 0.15) is 28.8 Å². The minimum atomic E-state index is -0.274. The number of hydrogen-bond donors (Lipinski definition) is 2. The summed E-state index contributed by atoms with van der Waals surface area (Å²) in [6.07, 6.45) is 1.69.